The molecule has 2 amide bonds. The second kappa shape index (κ2) is 5.73. The number of nitrogens with zero attached hydrogens (tertiary/aromatic N) is 1. The number of likely N-dealkylation sites (tertiary alicyclic amines) is 1. The molecule has 0 aliphatic carbocycles. The monoisotopic (exact) mass is 263 g/mol. The quantitative estimate of drug-likeness (QED) is 0.753. The van der Waals surface area contributed by atoms with Crippen molar-refractivity contribution in [2.45, 2.75) is 19.3 Å². The lowest BCUT2D eigenvalue weighted by Crippen LogP contribution is -2.31. The van der Waals surface area contributed by atoms with E-state index in [0.29, 0.717) is 37.3 Å². The van der Waals surface area contributed by atoms with Gasteiger partial charge in [0.15, 0.2) is 11.5 Å². The molecule has 1 aromatic rings. The lowest BCUT2D eigenvalue weighted by atomic mass is 10.1. The van der Waals surface area contributed by atoms with E-state index in [0.717, 1.165) is 5.56 Å². The Morgan fingerprint density at radius 3 is 2.26 bits per heavy atom. The second-order valence-corrected chi connectivity index (χ2v) is 4.38. The normalized spacial score (nSPS) is 14.9. The highest BCUT2D eigenvalue weighted by atomic mass is 16.5. The van der Waals surface area contributed by atoms with Crippen molar-refractivity contribution in [3.63, 3.8) is 0 Å². The summed E-state index contributed by atoms with van der Waals surface area (Å²) in [5.74, 6) is 1.16. The predicted octanol–water partition coefficient (Wildman–Crippen LogP) is 1.40. The van der Waals surface area contributed by atoms with Gasteiger partial charge in [-0.2, -0.15) is 0 Å². The average molecular weight is 263 g/mol. The minimum atomic E-state index is -0.0783. The fourth-order valence-electron chi connectivity index (χ4n) is 2.15. The van der Waals surface area contributed by atoms with Gasteiger partial charge in [0.05, 0.1) is 14.2 Å². The van der Waals surface area contributed by atoms with Crippen LogP contribution in [0.1, 0.15) is 18.4 Å². The zero-order valence-corrected chi connectivity index (χ0v) is 11.1. The van der Waals surface area contributed by atoms with Crippen molar-refractivity contribution in [3.05, 3.63) is 23.8 Å². The summed E-state index contributed by atoms with van der Waals surface area (Å²) in [5, 5.41) is 0. The van der Waals surface area contributed by atoms with Gasteiger partial charge >= 0.3 is 0 Å². The molecule has 1 aromatic carbocycles. The number of ether oxygens (including phenoxy) is 2. The molecule has 0 unspecified atom stereocenters. The summed E-state index contributed by atoms with van der Waals surface area (Å²) in [7, 11) is 3.16. The van der Waals surface area contributed by atoms with E-state index < -0.39 is 0 Å². The minimum Gasteiger partial charge on any atom is -0.493 e. The van der Waals surface area contributed by atoms with Crippen LogP contribution in [-0.4, -0.2) is 37.5 Å². The first-order valence-electron chi connectivity index (χ1n) is 6.20. The standard InChI is InChI=1S/C14H17NO4/c1-18-11-4-3-10(9-12(11)19-2)7-8-15-13(16)5-6-14(15)17/h3-4,9H,5-8H2,1-2H3. The molecule has 0 aromatic heterocycles. The molecule has 0 radical (unpaired) electrons. The Morgan fingerprint density at radius 2 is 1.68 bits per heavy atom. The van der Waals surface area contributed by atoms with Crippen LogP contribution in [0, 0.1) is 0 Å². The van der Waals surface area contributed by atoms with Gasteiger partial charge < -0.3 is 9.47 Å². The van der Waals surface area contributed by atoms with Gasteiger partial charge in [-0.05, 0) is 24.1 Å². The molecule has 19 heavy (non-hydrogen) atoms. The van der Waals surface area contributed by atoms with E-state index in [1.54, 1.807) is 14.2 Å². The third-order valence-corrected chi connectivity index (χ3v) is 3.23. The SMILES string of the molecule is COc1ccc(CCN2C(=O)CCC2=O)cc1OC. The highest BCUT2D eigenvalue weighted by Crippen LogP contribution is 2.27. The third kappa shape index (κ3) is 2.86. The number of rotatable bonds is 5. The van der Waals surface area contributed by atoms with Crippen molar-refractivity contribution < 1.29 is 19.1 Å². The summed E-state index contributed by atoms with van der Waals surface area (Å²) in [6.07, 6.45) is 1.30. The predicted molar refractivity (Wildman–Crippen MR) is 69.2 cm³/mol. The maximum atomic E-state index is 11.5. The van der Waals surface area contributed by atoms with E-state index in [1.165, 1.54) is 4.90 Å². The molecular weight excluding hydrogens is 246 g/mol. The van der Waals surface area contributed by atoms with Crippen LogP contribution in [0.4, 0.5) is 0 Å². The van der Waals surface area contributed by atoms with Gasteiger partial charge in [-0.15, -0.1) is 0 Å². The molecule has 0 spiro atoms. The van der Waals surface area contributed by atoms with Crippen LogP contribution in [0.15, 0.2) is 18.2 Å². The molecule has 2 rings (SSSR count). The van der Waals surface area contributed by atoms with E-state index in [2.05, 4.69) is 0 Å². The molecule has 0 N–H and O–H groups in total. The van der Waals surface area contributed by atoms with Crippen molar-refractivity contribution in [1.29, 1.82) is 0 Å². The summed E-state index contributed by atoms with van der Waals surface area (Å²) in [4.78, 5) is 24.3. The highest BCUT2D eigenvalue weighted by Gasteiger charge is 2.28. The highest BCUT2D eigenvalue weighted by molar-refractivity contribution is 6.01. The summed E-state index contributed by atoms with van der Waals surface area (Å²) < 4.78 is 10.4. The van der Waals surface area contributed by atoms with E-state index in [4.69, 9.17) is 9.47 Å². The molecule has 102 valence electrons. The van der Waals surface area contributed by atoms with Crippen molar-refractivity contribution in [2.75, 3.05) is 20.8 Å². The van der Waals surface area contributed by atoms with Crippen molar-refractivity contribution in [3.8, 4) is 11.5 Å². The molecule has 1 fully saturated rings. The zero-order chi connectivity index (χ0) is 13.8. The van der Waals surface area contributed by atoms with Gasteiger partial charge in [-0.3, -0.25) is 14.5 Å². The molecular formula is C14H17NO4. The van der Waals surface area contributed by atoms with Crippen LogP contribution in [0.5, 0.6) is 11.5 Å². The fourth-order valence-corrected chi connectivity index (χ4v) is 2.15. The van der Waals surface area contributed by atoms with E-state index in [1.807, 2.05) is 18.2 Å². The summed E-state index contributed by atoms with van der Waals surface area (Å²) in [5.41, 5.74) is 1.00. The average Bonchev–Trinajstić information content (AvgIpc) is 2.75. The molecule has 1 heterocycles. The van der Waals surface area contributed by atoms with Gasteiger partial charge in [0.2, 0.25) is 11.8 Å². The smallest absolute Gasteiger partial charge is 0.229 e. The third-order valence-electron chi connectivity index (χ3n) is 3.23. The lowest BCUT2D eigenvalue weighted by Gasteiger charge is -2.14. The number of benzene rings is 1. The number of carbonyl (C=O) groups is 2. The Morgan fingerprint density at radius 1 is 1.05 bits per heavy atom. The minimum absolute atomic E-state index is 0.0783. The van der Waals surface area contributed by atoms with Crippen LogP contribution in [-0.2, 0) is 16.0 Å². The number of hydrogen-bond acceptors (Lipinski definition) is 4. The summed E-state index contributed by atoms with van der Waals surface area (Å²) in [6, 6.07) is 5.60. The lowest BCUT2D eigenvalue weighted by molar-refractivity contribution is -0.138. The van der Waals surface area contributed by atoms with Crippen LogP contribution >= 0.6 is 0 Å². The van der Waals surface area contributed by atoms with Gasteiger partial charge in [-0.25, -0.2) is 0 Å². The molecule has 1 saturated heterocycles. The summed E-state index contributed by atoms with van der Waals surface area (Å²) >= 11 is 0. The Hall–Kier alpha value is -2.04. The molecule has 0 atom stereocenters. The number of carbonyl (C=O) groups excluding carboxylic acids is 2. The Bertz CT molecular complexity index is 482. The Kier molecular flexibility index (Phi) is 4.04. The largest absolute Gasteiger partial charge is 0.493 e. The molecule has 5 heteroatoms. The number of methoxy groups -OCH3 is 2. The maximum absolute atomic E-state index is 11.5. The van der Waals surface area contributed by atoms with Gasteiger partial charge in [0.25, 0.3) is 0 Å². The number of imide groups is 1. The first-order chi connectivity index (χ1) is 9.15. The fraction of sp³-hybridized carbons (Fsp3) is 0.429. The molecule has 5 nitrogen and oxygen atoms in total. The van der Waals surface area contributed by atoms with Crippen LogP contribution in [0.25, 0.3) is 0 Å². The Balaban J connectivity index is 2.03. The van der Waals surface area contributed by atoms with Crippen molar-refractivity contribution >= 4 is 11.8 Å². The van der Waals surface area contributed by atoms with E-state index in [-0.39, 0.29) is 11.8 Å². The summed E-state index contributed by atoms with van der Waals surface area (Å²) in [6.45, 7) is 0.424. The van der Waals surface area contributed by atoms with Gasteiger partial charge in [0, 0.05) is 19.4 Å². The van der Waals surface area contributed by atoms with Crippen LogP contribution in [0.2, 0.25) is 0 Å². The first-order valence-corrected chi connectivity index (χ1v) is 6.20. The molecule has 1 aliphatic heterocycles. The number of amides is 2. The Labute approximate surface area is 112 Å². The van der Waals surface area contributed by atoms with Crippen molar-refractivity contribution in [2.24, 2.45) is 0 Å². The molecule has 0 saturated carbocycles. The van der Waals surface area contributed by atoms with Gasteiger partial charge in [-0.1, -0.05) is 6.07 Å². The van der Waals surface area contributed by atoms with E-state index >= 15 is 0 Å². The van der Waals surface area contributed by atoms with Crippen LogP contribution < -0.4 is 9.47 Å². The van der Waals surface area contributed by atoms with E-state index in [9.17, 15) is 9.59 Å². The molecule has 0 bridgehead atoms. The topological polar surface area (TPSA) is 55.8 Å². The first kappa shape index (κ1) is 13.4. The maximum Gasteiger partial charge on any atom is 0.229 e. The number of hydrogen-bond donors (Lipinski definition) is 0. The second-order valence-electron chi connectivity index (χ2n) is 4.38. The molecule has 1 aliphatic rings. The van der Waals surface area contributed by atoms with Crippen molar-refractivity contribution in [1.82, 2.24) is 4.90 Å². The van der Waals surface area contributed by atoms with Gasteiger partial charge in [0.1, 0.15) is 0 Å². The zero-order valence-electron chi connectivity index (χ0n) is 11.1. The van der Waals surface area contributed by atoms with Crippen LogP contribution in [0.3, 0.4) is 0 Å².